The Morgan fingerprint density at radius 1 is 1.37 bits per heavy atom. The molecule has 0 aromatic heterocycles. The van der Waals surface area contributed by atoms with Crippen LogP contribution in [0.2, 0.25) is 0 Å². The number of carboxylic acids is 1. The SMILES string of the molecule is COCc1cccc(C(=O)NCCOCC(=O)O)c1. The van der Waals surface area contributed by atoms with E-state index < -0.39 is 5.97 Å². The molecule has 0 aliphatic rings. The third kappa shape index (κ3) is 5.98. The molecule has 1 aromatic rings. The van der Waals surface area contributed by atoms with E-state index in [1.54, 1.807) is 25.3 Å². The van der Waals surface area contributed by atoms with Crippen LogP contribution >= 0.6 is 0 Å². The summed E-state index contributed by atoms with van der Waals surface area (Å²) in [6, 6.07) is 7.10. The van der Waals surface area contributed by atoms with Gasteiger partial charge in [0, 0.05) is 19.2 Å². The standard InChI is InChI=1S/C13H17NO5/c1-18-8-10-3-2-4-11(7-10)13(17)14-5-6-19-9-12(15)16/h2-4,7H,5-6,8-9H2,1H3,(H,14,17)(H,15,16). The summed E-state index contributed by atoms with van der Waals surface area (Å²) in [5.41, 5.74) is 1.45. The van der Waals surface area contributed by atoms with Gasteiger partial charge < -0.3 is 19.9 Å². The first-order chi connectivity index (χ1) is 9.13. The van der Waals surface area contributed by atoms with E-state index in [-0.39, 0.29) is 25.7 Å². The highest BCUT2D eigenvalue weighted by Crippen LogP contribution is 2.06. The molecule has 1 rings (SSSR count). The van der Waals surface area contributed by atoms with Crippen molar-refractivity contribution in [3.8, 4) is 0 Å². The largest absolute Gasteiger partial charge is 0.480 e. The van der Waals surface area contributed by atoms with Crippen LogP contribution in [0.25, 0.3) is 0 Å². The molecule has 0 atom stereocenters. The van der Waals surface area contributed by atoms with Crippen molar-refractivity contribution in [2.75, 3.05) is 26.9 Å². The van der Waals surface area contributed by atoms with Gasteiger partial charge in [0.15, 0.2) is 0 Å². The molecule has 0 heterocycles. The zero-order valence-electron chi connectivity index (χ0n) is 10.7. The van der Waals surface area contributed by atoms with Crippen molar-refractivity contribution in [3.05, 3.63) is 35.4 Å². The zero-order valence-corrected chi connectivity index (χ0v) is 10.7. The topological polar surface area (TPSA) is 84.9 Å². The maximum atomic E-state index is 11.8. The molecule has 6 nitrogen and oxygen atoms in total. The fourth-order valence-corrected chi connectivity index (χ4v) is 1.47. The molecule has 0 aliphatic heterocycles. The predicted molar refractivity (Wildman–Crippen MR) is 67.9 cm³/mol. The van der Waals surface area contributed by atoms with Crippen LogP contribution in [0, 0.1) is 0 Å². The summed E-state index contributed by atoms with van der Waals surface area (Å²) in [6.07, 6.45) is 0. The molecule has 0 bridgehead atoms. The molecule has 0 saturated carbocycles. The molecule has 1 aromatic carbocycles. The monoisotopic (exact) mass is 267 g/mol. The predicted octanol–water partition coefficient (Wildman–Crippen LogP) is 0.664. The number of benzene rings is 1. The van der Waals surface area contributed by atoms with Crippen molar-refractivity contribution in [1.82, 2.24) is 5.32 Å². The molecular formula is C13H17NO5. The average Bonchev–Trinajstić information content (AvgIpc) is 2.38. The second kappa shape index (κ2) is 8.23. The molecule has 0 unspecified atom stereocenters. The van der Waals surface area contributed by atoms with Crippen molar-refractivity contribution in [2.45, 2.75) is 6.61 Å². The minimum atomic E-state index is -1.03. The Kier molecular flexibility index (Phi) is 6.56. The van der Waals surface area contributed by atoms with E-state index in [1.807, 2.05) is 6.07 Å². The van der Waals surface area contributed by atoms with Gasteiger partial charge in [0.05, 0.1) is 13.2 Å². The lowest BCUT2D eigenvalue weighted by atomic mass is 10.1. The van der Waals surface area contributed by atoms with Crippen LogP contribution in [0.3, 0.4) is 0 Å². The van der Waals surface area contributed by atoms with Gasteiger partial charge in [-0.25, -0.2) is 4.79 Å². The Balaban J connectivity index is 2.36. The molecule has 19 heavy (non-hydrogen) atoms. The van der Waals surface area contributed by atoms with Crippen molar-refractivity contribution in [3.63, 3.8) is 0 Å². The van der Waals surface area contributed by atoms with Crippen LogP contribution in [-0.4, -0.2) is 43.9 Å². The minimum absolute atomic E-state index is 0.163. The number of carboxylic acid groups (broad SMARTS) is 1. The highest BCUT2D eigenvalue weighted by Gasteiger charge is 2.05. The summed E-state index contributed by atoms with van der Waals surface area (Å²) >= 11 is 0. The maximum Gasteiger partial charge on any atom is 0.329 e. The first kappa shape index (κ1) is 15.1. The number of hydrogen-bond acceptors (Lipinski definition) is 4. The third-order valence-electron chi connectivity index (χ3n) is 2.26. The molecule has 0 radical (unpaired) electrons. The Labute approximate surface area is 111 Å². The summed E-state index contributed by atoms with van der Waals surface area (Å²) in [7, 11) is 1.59. The van der Waals surface area contributed by atoms with Gasteiger partial charge in [-0.15, -0.1) is 0 Å². The molecule has 104 valence electrons. The van der Waals surface area contributed by atoms with Crippen molar-refractivity contribution < 1.29 is 24.2 Å². The number of hydrogen-bond donors (Lipinski definition) is 2. The molecular weight excluding hydrogens is 250 g/mol. The van der Waals surface area contributed by atoms with Crippen LogP contribution in [-0.2, 0) is 20.9 Å². The van der Waals surface area contributed by atoms with E-state index in [2.05, 4.69) is 5.32 Å². The van der Waals surface area contributed by atoms with E-state index in [4.69, 9.17) is 14.6 Å². The van der Waals surface area contributed by atoms with Crippen LogP contribution in [0.5, 0.6) is 0 Å². The molecule has 0 aliphatic carbocycles. The Morgan fingerprint density at radius 2 is 2.16 bits per heavy atom. The molecule has 0 fully saturated rings. The van der Waals surface area contributed by atoms with E-state index in [0.29, 0.717) is 12.2 Å². The van der Waals surface area contributed by atoms with Gasteiger partial charge in [-0.2, -0.15) is 0 Å². The van der Waals surface area contributed by atoms with Crippen LogP contribution in [0.15, 0.2) is 24.3 Å². The Bertz CT molecular complexity index is 433. The fraction of sp³-hybridized carbons (Fsp3) is 0.385. The molecule has 1 amide bonds. The number of rotatable bonds is 8. The number of nitrogens with one attached hydrogen (secondary N) is 1. The van der Waals surface area contributed by atoms with Gasteiger partial charge in [0.2, 0.25) is 0 Å². The summed E-state index contributed by atoms with van der Waals surface area (Å²) in [6.45, 7) is 0.512. The quantitative estimate of drug-likeness (QED) is 0.676. The van der Waals surface area contributed by atoms with Crippen LogP contribution in [0.4, 0.5) is 0 Å². The normalized spacial score (nSPS) is 10.2. The van der Waals surface area contributed by atoms with Crippen molar-refractivity contribution in [1.29, 1.82) is 0 Å². The summed E-state index contributed by atoms with van der Waals surface area (Å²) in [4.78, 5) is 22.0. The van der Waals surface area contributed by atoms with E-state index in [9.17, 15) is 9.59 Å². The van der Waals surface area contributed by atoms with Gasteiger partial charge in [-0.1, -0.05) is 12.1 Å². The fourth-order valence-electron chi connectivity index (χ4n) is 1.47. The Morgan fingerprint density at radius 3 is 2.84 bits per heavy atom. The smallest absolute Gasteiger partial charge is 0.329 e. The second-order valence-electron chi connectivity index (χ2n) is 3.84. The highest BCUT2D eigenvalue weighted by molar-refractivity contribution is 5.94. The lowest BCUT2D eigenvalue weighted by Crippen LogP contribution is -2.28. The van der Waals surface area contributed by atoms with Crippen LogP contribution in [0.1, 0.15) is 15.9 Å². The molecule has 0 saturated heterocycles. The number of carbonyl (C=O) groups is 2. The van der Waals surface area contributed by atoms with E-state index >= 15 is 0 Å². The number of carbonyl (C=O) groups excluding carboxylic acids is 1. The van der Waals surface area contributed by atoms with Crippen LogP contribution < -0.4 is 5.32 Å². The number of aliphatic carboxylic acids is 1. The maximum absolute atomic E-state index is 11.8. The van der Waals surface area contributed by atoms with Gasteiger partial charge in [-0.3, -0.25) is 4.79 Å². The van der Waals surface area contributed by atoms with Gasteiger partial charge >= 0.3 is 5.97 Å². The number of amides is 1. The van der Waals surface area contributed by atoms with E-state index in [0.717, 1.165) is 5.56 Å². The van der Waals surface area contributed by atoms with Gasteiger partial charge in [0.1, 0.15) is 6.61 Å². The lowest BCUT2D eigenvalue weighted by Gasteiger charge is -2.06. The van der Waals surface area contributed by atoms with Crippen molar-refractivity contribution >= 4 is 11.9 Å². The summed E-state index contributed by atoms with van der Waals surface area (Å²) in [5, 5.41) is 11.0. The summed E-state index contributed by atoms with van der Waals surface area (Å²) in [5.74, 6) is -1.25. The number of methoxy groups -OCH3 is 1. The molecule has 0 spiro atoms. The Hall–Kier alpha value is -1.92. The second-order valence-corrected chi connectivity index (χ2v) is 3.84. The first-order valence-corrected chi connectivity index (χ1v) is 5.79. The van der Waals surface area contributed by atoms with Gasteiger partial charge in [0.25, 0.3) is 5.91 Å². The first-order valence-electron chi connectivity index (χ1n) is 5.79. The minimum Gasteiger partial charge on any atom is -0.480 e. The van der Waals surface area contributed by atoms with Crippen molar-refractivity contribution in [2.24, 2.45) is 0 Å². The summed E-state index contributed by atoms with van der Waals surface area (Å²) < 4.78 is 9.80. The highest BCUT2D eigenvalue weighted by atomic mass is 16.5. The van der Waals surface area contributed by atoms with Gasteiger partial charge in [-0.05, 0) is 17.7 Å². The number of ether oxygens (including phenoxy) is 2. The lowest BCUT2D eigenvalue weighted by molar-refractivity contribution is -0.142. The zero-order chi connectivity index (χ0) is 14.1. The molecule has 2 N–H and O–H groups in total. The third-order valence-corrected chi connectivity index (χ3v) is 2.26. The molecule has 6 heteroatoms. The average molecular weight is 267 g/mol. The van der Waals surface area contributed by atoms with E-state index in [1.165, 1.54) is 0 Å².